The molecule has 0 bridgehead atoms. The Hall–Kier alpha value is -1.40. The van der Waals surface area contributed by atoms with E-state index in [-0.39, 0.29) is 11.9 Å². The number of aryl methyl sites for hydroxylation is 2. The number of nitrogens with one attached hydrogen (secondary N) is 2. The fraction of sp³-hybridized carbons (Fsp3) is 0.667. The third kappa shape index (κ3) is 2.70. The molecule has 2 atom stereocenters. The van der Waals surface area contributed by atoms with E-state index >= 15 is 0 Å². The molecule has 0 aromatic carbocycles. The van der Waals surface area contributed by atoms with Crippen molar-refractivity contribution in [2.45, 2.75) is 32.9 Å². The molecule has 1 aliphatic rings. The molecule has 1 aromatic heterocycles. The van der Waals surface area contributed by atoms with Crippen LogP contribution in [0.5, 0.6) is 0 Å². The van der Waals surface area contributed by atoms with Gasteiger partial charge < -0.3 is 19.9 Å². The highest BCUT2D eigenvalue weighted by atomic mass is 16.5. The highest BCUT2D eigenvalue weighted by molar-refractivity contribution is 5.81. The molecule has 100 valence electrons. The van der Waals surface area contributed by atoms with Gasteiger partial charge in [0.1, 0.15) is 11.9 Å². The summed E-state index contributed by atoms with van der Waals surface area (Å²) in [6.45, 7) is 7.55. The molecule has 0 aliphatic carbocycles. The first-order valence-corrected chi connectivity index (χ1v) is 6.15. The molecule has 6 nitrogen and oxygen atoms in total. The molecule has 1 aliphatic heterocycles. The minimum atomic E-state index is -0.415. The van der Waals surface area contributed by atoms with Crippen LogP contribution in [0.15, 0.2) is 4.52 Å². The van der Waals surface area contributed by atoms with E-state index in [1.807, 2.05) is 20.8 Å². The minimum absolute atomic E-state index is 0.102. The van der Waals surface area contributed by atoms with Crippen molar-refractivity contribution in [3.63, 3.8) is 0 Å². The van der Waals surface area contributed by atoms with Crippen molar-refractivity contribution in [2.75, 3.05) is 19.7 Å². The Morgan fingerprint density at radius 1 is 1.56 bits per heavy atom. The van der Waals surface area contributed by atoms with Crippen molar-refractivity contribution in [1.82, 2.24) is 15.8 Å². The molecular weight excluding hydrogens is 234 g/mol. The summed E-state index contributed by atoms with van der Waals surface area (Å²) < 4.78 is 10.5. The van der Waals surface area contributed by atoms with Crippen LogP contribution in [0.25, 0.3) is 0 Å². The van der Waals surface area contributed by atoms with Crippen LogP contribution >= 0.6 is 0 Å². The average molecular weight is 253 g/mol. The zero-order valence-corrected chi connectivity index (χ0v) is 10.9. The number of carbonyl (C=O) groups excluding carboxylic acids is 1. The third-order valence-electron chi connectivity index (χ3n) is 3.10. The Morgan fingerprint density at radius 2 is 2.33 bits per heavy atom. The summed E-state index contributed by atoms with van der Waals surface area (Å²) in [5.74, 6) is 0.637. The fourth-order valence-corrected chi connectivity index (χ4v) is 2.22. The zero-order valence-electron chi connectivity index (χ0n) is 10.9. The SMILES string of the molecule is Cc1noc(C)c1C(C)NC(=O)C1CNCCO1. The first-order chi connectivity index (χ1) is 8.59. The van der Waals surface area contributed by atoms with Crippen molar-refractivity contribution in [1.29, 1.82) is 0 Å². The predicted molar refractivity (Wildman–Crippen MR) is 65.1 cm³/mol. The van der Waals surface area contributed by atoms with Crippen LogP contribution in [0.3, 0.4) is 0 Å². The molecule has 2 heterocycles. The molecule has 1 fully saturated rings. The molecule has 2 rings (SSSR count). The standard InChI is InChI=1S/C12H19N3O3/c1-7(11-8(2)15-18-9(11)3)14-12(16)10-6-13-4-5-17-10/h7,10,13H,4-6H2,1-3H3,(H,14,16). The van der Waals surface area contributed by atoms with E-state index in [0.717, 1.165) is 23.6 Å². The van der Waals surface area contributed by atoms with Crippen LogP contribution in [0, 0.1) is 13.8 Å². The summed E-state index contributed by atoms with van der Waals surface area (Å²) in [6.07, 6.45) is -0.415. The monoisotopic (exact) mass is 253 g/mol. The number of hydrogen-bond donors (Lipinski definition) is 2. The molecule has 1 saturated heterocycles. The molecule has 1 amide bonds. The number of hydrogen-bond acceptors (Lipinski definition) is 5. The van der Waals surface area contributed by atoms with Crippen LogP contribution < -0.4 is 10.6 Å². The van der Waals surface area contributed by atoms with Gasteiger partial charge >= 0.3 is 0 Å². The van der Waals surface area contributed by atoms with Gasteiger partial charge in [-0.1, -0.05) is 5.16 Å². The number of carbonyl (C=O) groups is 1. The summed E-state index contributed by atoms with van der Waals surface area (Å²) in [4.78, 5) is 12.0. The molecule has 6 heteroatoms. The lowest BCUT2D eigenvalue weighted by Crippen LogP contribution is -2.48. The summed E-state index contributed by atoms with van der Waals surface area (Å²) in [5, 5.41) is 9.95. The second-order valence-corrected chi connectivity index (χ2v) is 4.53. The summed E-state index contributed by atoms with van der Waals surface area (Å²) in [5.41, 5.74) is 1.75. The Balaban J connectivity index is 1.98. The minimum Gasteiger partial charge on any atom is -0.366 e. The molecule has 2 N–H and O–H groups in total. The van der Waals surface area contributed by atoms with Gasteiger partial charge in [0.25, 0.3) is 5.91 Å². The molecule has 1 aromatic rings. The van der Waals surface area contributed by atoms with Gasteiger partial charge in [0.05, 0.1) is 18.3 Å². The molecule has 0 saturated carbocycles. The largest absolute Gasteiger partial charge is 0.366 e. The summed E-state index contributed by atoms with van der Waals surface area (Å²) >= 11 is 0. The maximum atomic E-state index is 12.0. The van der Waals surface area contributed by atoms with Gasteiger partial charge in [-0.05, 0) is 20.8 Å². The Kier molecular flexibility index (Phi) is 3.98. The summed E-state index contributed by atoms with van der Waals surface area (Å²) in [7, 11) is 0. The van der Waals surface area contributed by atoms with E-state index in [9.17, 15) is 4.79 Å². The van der Waals surface area contributed by atoms with E-state index in [4.69, 9.17) is 9.26 Å². The van der Waals surface area contributed by atoms with Crippen LogP contribution in [-0.2, 0) is 9.53 Å². The van der Waals surface area contributed by atoms with Gasteiger partial charge in [-0.25, -0.2) is 0 Å². The first kappa shape index (κ1) is 13.0. The molecule has 2 unspecified atom stereocenters. The third-order valence-corrected chi connectivity index (χ3v) is 3.10. The quantitative estimate of drug-likeness (QED) is 0.818. The molecule has 0 spiro atoms. The van der Waals surface area contributed by atoms with Crippen LogP contribution in [-0.4, -0.2) is 36.9 Å². The number of amides is 1. The lowest BCUT2D eigenvalue weighted by molar-refractivity contribution is -0.134. The van der Waals surface area contributed by atoms with E-state index in [1.54, 1.807) is 0 Å². The maximum absolute atomic E-state index is 12.0. The maximum Gasteiger partial charge on any atom is 0.250 e. The second-order valence-electron chi connectivity index (χ2n) is 4.53. The first-order valence-electron chi connectivity index (χ1n) is 6.15. The van der Waals surface area contributed by atoms with Crippen molar-refractivity contribution in [3.05, 3.63) is 17.0 Å². The number of rotatable bonds is 3. The van der Waals surface area contributed by atoms with Crippen molar-refractivity contribution < 1.29 is 14.1 Å². The topological polar surface area (TPSA) is 76.4 Å². The Morgan fingerprint density at radius 3 is 2.89 bits per heavy atom. The van der Waals surface area contributed by atoms with Crippen molar-refractivity contribution in [3.8, 4) is 0 Å². The van der Waals surface area contributed by atoms with Crippen molar-refractivity contribution >= 4 is 5.91 Å². The van der Waals surface area contributed by atoms with E-state index in [2.05, 4.69) is 15.8 Å². The van der Waals surface area contributed by atoms with E-state index in [1.165, 1.54) is 0 Å². The lowest BCUT2D eigenvalue weighted by atomic mass is 10.1. The zero-order chi connectivity index (χ0) is 13.1. The number of aromatic nitrogens is 1. The predicted octanol–water partition coefficient (Wildman–Crippen LogP) is 0.457. The Labute approximate surface area is 106 Å². The fourth-order valence-electron chi connectivity index (χ4n) is 2.22. The highest BCUT2D eigenvalue weighted by Gasteiger charge is 2.25. The Bertz CT molecular complexity index is 405. The second kappa shape index (κ2) is 5.49. The van der Waals surface area contributed by atoms with Gasteiger partial charge in [0.15, 0.2) is 0 Å². The van der Waals surface area contributed by atoms with Gasteiger partial charge in [0.2, 0.25) is 0 Å². The average Bonchev–Trinajstić information content (AvgIpc) is 2.70. The van der Waals surface area contributed by atoms with Crippen LogP contribution in [0.1, 0.15) is 30.0 Å². The number of ether oxygens (including phenoxy) is 1. The highest BCUT2D eigenvalue weighted by Crippen LogP contribution is 2.20. The van der Waals surface area contributed by atoms with Crippen molar-refractivity contribution in [2.24, 2.45) is 0 Å². The number of nitrogens with zero attached hydrogens (tertiary/aromatic N) is 1. The van der Waals surface area contributed by atoms with E-state index in [0.29, 0.717) is 13.2 Å². The van der Waals surface area contributed by atoms with Gasteiger partial charge in [0, 0.05) is 18.7 Å². The normalized spacial score (nSPS) is 21.6. The smallest absolute Gasteiger partial charge is 0.250 e. The summed E-state index contributed by atoms with van der Waals surface area (Å²) in [6, 6.07) is -0.130. The lowest BCUT2D eigenvalue weighted by Gasteiger charge is -2.24. The van der Waals surface area contributed by atoms with E-state index < -0.39 is 6.10 Å². The van der Waals surface area contributed by atoms with Gasteiger partial charge in [-0.2, -0.15) is 0 Å². The molecular formula is C12H19N3O3. The molecule has 0 radical (unpaired) electrons. The number of morpholine rings is 1. The van der Waals surface area contributed by atoms with Crippen LogP contribution in [0.4, 0.5) is 0 Å². The van der Waals surface area contributed by atoms with Gasteiger partial charge in [-0.3, -0.25) is 4.79 Å². The van der Waals surface area contributed by atoms with Gasteiger partial charge in [-0.15, -0.1) is 0 Å². The molecule has 18 heavy (non-hydrogen) atoms. The van der Waals surface area contributed by atoms with Crippen LogP contribution in [0.2, 0.25) is 0 Å².